The third kappa shape index (κ3) is 7.67. The zero-order valence-corrected chi connectivity index (χ0v) is 22.7. The van der Waals surface area contributed by atoms with E-state index in [9.17, 15) is 18.0 Å². The highest BCUT2D eigenvalue weighted by Gasteiger charge is 2.31. The normalized spacial score (nSPS) is 14.4. The Morgan fingerprint density at radius 3 is 2.29 bits per heavy atom. The predicted octanol–water partition coefficient (Wildman–Crippen LogP) is 7.86. The summed E-state index contributed by atoms with van der Waals surface area (Å²) in [6.45, 7) is 4.69. The van der Waals surface area contributed by atoms with Crippen LogP contribution in [0.4, 0.5) is 18.9 Å². The van der Waals surface area contributed by atoms with Gasteiger partial charge in [0.2, 0.25) is 0 Å². The van der Waals surface area contributed by atoms with E-state index >= 15 is 0 Å². The first-order valence-corrected chi connectivity index (χ1v) is 13.5. The molecule has 4 aromatic rings. The zero-order chi connectivity index (χ0) is 28.8. The summed E-state index contributed by atoms with van der Waals surface area (Å²) in [5.41, 5.74) is 4.37. The molecule has 1 heterocycles. The number of piperidine rings is 1. The van der Waals surface area contributed by atoms with Gasteiger partial charge in [-0.05, 0) is 72.4 Å². The molecule has 1 N–H and O–H groups in total. The van der Waals surface area contributed by atoms with E-state index in [2.05, 4.69) is 39.2 Å². The fourth-order valence-electron chi connectivity index (χ4n) is 5.13. The first-order valence-electron chi connectivity index (χ1n) is 13.5. The number of rotatable bonds is 8. The highest BCUT2D eigenvalue weighted by molar-refractivity contribution is 6.09. The molecule has 0 saturated carbocycles. The lowest BCUT2D eigenvalue weighted by Crippen LogP contribution is -2.37. The Morgan fingerprint density at radius 2 is 1.59 bits per heavy atom. The molecule has 1 amide bonds. The molecule has 8 heteroatoms. The lowest BCUT2D eigenvalue weighted by molar-refractivity contribution is -0.274. The van der Waals surface area contributed by atoms with Crippen molar-refractivity contribution in [1.29, 1.82) is 0 Å². The lowest BCUT2D eigenvalue weighted by Gasteiger charge is -2.32. The third-order valence-corrected chi connectivity index (χ3v) is 7.07. The fourth-order valence-corrected chi connectivity index (χ4v) is 5.13. The number of likely N-dealkylation sites (tertiary alicyclic amines) is 1. The van der Waals surface area contributed by atoms with E-state index < -0.39 is 6.36 Å². The Hall–Kier alpha value is -4.30. The molecule has 212 valence electrons. The molecule has 5 nitrogen and oxygen atoms in total. The molecule has 0 spiro atoms. The van der Waals surface area contributed by atoms with Crippen molar-refractivity contribution in [2.45, 2.75) is 38.8 Å². The van der Waals surface area contributed by atoms with E-state index in [-0.39, 0.29) is 17.8 Å². The molecule has 0 aromatic heterocycles. The van der Waals surface area contributed by atoms with Crippen LogP contribution in [0.1, 0.15) is 34.3 Å². The number of alkyl halides is 3. The van der Waals surface area contributed by atoms with Gasteiger partial charge in [0.05, 0.1) is 0 Å². The Kier molecular flexibility index (Phi) is 8.59. The number of hydrogen-bond donors (Lipinski definition) is 1. The Bertz CT molecular complexity index is 1470. The van der Waals surface area contributed by atoms with Crippen LogP contribution in [0.25, 0.3) is 11.1 Å². The molecule has 1 fully saturated rings. The summed E-state index contributed by atoms with van der Waals surface area (Å²) in [4.78, 5) is 15.8. The van der Waals surface area contributed by atoms with Crippen LogP contribution in [0.3, 0.4) is 0 Å². The van der Waals surface area contributed by atoms with Crippen molar-refractivity contribution in [3.05, 3.63) is 114 Å². The first-order chi connectivity index (χ1) is 19.7. The van der Waals surface area contributed by atoms with Crippen LogP contribution in [0, 0.1) is 6.92 Å². The molecule has 1 aliphatic rings. The van der Waals surface area contributed by atoms with Gasteiger partial charge < -0.3 is 14.8 Å². The molecular weight excluding hydrogens is 529 g/mol. The zero-order valence-electron chi connectivity index (χ0n) is 22.7. The number of amides is 1. The second-order valence-corrected chi connectivity index (χ2v) is 10.1. The first kappa shape index (κ1) is 28.2. The van der Waals surface area contributed by atoms with Gasteiger partial charge in [0, 0.05) is 37.0 Å². The summed E-state index contributed by atoms with van der Waals surface area (Å²) >= 11 is 0. The van der Waals surface area contributed by atoms with Gasteiger partial charge in [-0.2, -0.15) is 0 Å². The van der Waals surface area contributed by atoms with Gasteiger partial charge >= 0.3 is 6.36 Å². The quantitative estimate of drug-likeness (QED) is 0.238. The van der Waals surface area contributed by atoms with Crippen LogP contribution in [0.2, 0.25) is 0 Å². The minimum atomic E-state index is -4.77. The standard InChI is InChI=1S/C33H31F3N2O3/c1-23-7-5-12-30(31(23)25-13-15-28(16-14-25)41-33(34,35)36)32(39)37-26-10-6-11-29(21-26)40-27-17-19-38(20-18-27)22-24-8-3-2-4-9-24/h2-16,21,27H,17-20,22H2,1H3,(H,37,39). The second kappa shape index (κ2) is 12.5. The van der Waals surface area contributed by atoms with Crippen molar-refractivity contribution in [2.75, 3.05) is 18.4 Å². The molecule has 0 unspecified atom stereocenters. The van der Waals surface area contributed by atoms with E-state index in [0.717, 1.165) is 38.0 Å². The Balaban J connectivity index is 1.23. The number of halogens is 3. The molecule has 0 atom stereocenters. The number of carbonyl (C=O) groups is 1. The van der Waals surface area contributed by atoms with Gasteiger partial charge in [-0.1, -0.05) is 60.7 Å². The lowest BCUT2D eigenvalue weighted by atomic mass is 9.94. The summed E-state index contributed by atoms with van der Waals surface area (Å²) in [5.74, 6) is 0.0410. The minimum absolute atomic E-state index is 0.0978. The SMILES string of the molecule is Cc1cccc(C(=O)Nc2cccc(OC3CCN(Cc4ccccc4)CC3)c2)c1-c1ccc(OC(F)(F)F)cc1. The van der Waals surface area contributed by atoms with Crippen LogP contribution >= 0.6 is 0 Å². The molecule has 0 radical (unpaired) electrons. The molecule has 1 saturated heterocycles. The van der Waals surface area contributed by atoms with Crippen molar-refractivity contribution in [1.82, 2.24) is 4.90 Å². The number of benzene rings is 4. The third-order valence-electron chi connectivity index (χ3n) is 7.07. The van der Waals surface area contributed by atoms with E-state index in [1.54, 1.807) is 18.2 Å². The number of ether oxygens (including phenoxy) is 2. The summed E-state index contributed by atoms with van der Waals surface area (Å²) in [5, 5.41) is 2.95. The van der Waals surface area contributed by atoms with Crippen molar-refractivity contribution in [2.24, 2.45) is 0 Å². The number of nitrogens with zero attached hydrogens (tertiary/aromatic N) is 1. The van der Waals surface area contributed by atoms with Gasteiger partial charge in [-0.3, -0.25) is 9.69 Å². The second-order valence-electron chi connectivity index (χ2n) is 10.1. The average Bonchev–Trinajstić information content (AvgIpc) is 2.94. The van der Waals surface area contributed by atoms with Crippen LogP contribution in [0.15, 0.2) is 97.1 Å². The van der Waals surface area contributed by atoms with Crippen LogP contribution in [-0.2, 0) is 6.54 Å². The topological polar surface area (TPSA) is 50.8 Å². The van der Waals surface area contributed by atoms with Gasteiger partial charge in [0.1, 0.15) is 17.6 Å². The van der Waals surface area contributed by atoms with Crippen molar-refractivity contribution < 1.29 is 27.4 Å². The molecule has 41 heavy (non-hydrogen) atoms. The smallest absolute Gasteiger partial charge is 0.490 e. The highest BCUT2D eigenvalue weighted by Crippen LogP contribution is 2.32. The minimum Gasteiger partial charge on any atom is -0.490 e. The maximum Gasteiger partial charge on any atom is 0.573 e. The van der Waals surface area contributed by atoms with Crippen molar-refractivity contribution >= 4 is 11.6 Å². The van der Waals surface area contributed by atoms with Crippen molar-refractivity contribution in [3.63, 3.8) is 0 Å². The molecule has 0 aliphatic carbocycles. The van der Waals surface area contributed by atoms with Gasteiger partial charge in [0.25, 0.3) is 5.91 Å². The van der Waals surface area contributed by atoms with Gasteiger partial charge in [-0.25, -0.2) is 0 Å². The van der Waals surface area contributed by atoms with Crippen LogP contribution in [0.5, 0.6) is 11.5 Å². The van der Waals surface area contributed by atoms with Crippen molar-refractivity contribution in [3.8, 4) is 22.6 Å². The maximum atomic E-state index is 13.4. The largest absolute Gasteiger partial charge is 0.573 e. The monoisotopic (exact) mass is 560 g/mol. The molecule has 4 aromatic carbocycles. The molecule has 1 aliphatic heterocycles. The van der Waals surface area contributed by atoms with Crippen LogP contribution < -0.4 is 14.8 Å². The van der Waals surface area contributed by atoms with E-state index in [1.807, 2.05) is 37.3 Å². The summed E-state index contributed by atoms with van der Waals surface area (Å²) in [7, 11) is 0. The van der Waals surface area contributed by atoms with E-state index in [4.69, 9.17) is 4.74 Å². The average molecular weight is 561 g/mol. The Labute approximate surface area is 237 Å². The maximum absolute atomic E-state index is 13.4. The van der Waals surface area contributed by atoms with Crippen LogP contribution in [-0.4, -0.2) is 36.4 Å². The highest BCUT2D eigenvalue weighted by atomic mass is 19.4. The summed E-state index contributed by atoms with van der Waals surface area (Å²) < 4.78 is 48.0. The van der Waals surface area contributed by atoms with Gasteiger partial charge in [0.15, 0.2) is 0 Å². The number of carbonyl (C=O) groups excluding carboxylic acids is 1. The predicted molar refractivity (Wildman–Crippen MR) is 153 cm³/mol. The molecule has 0 bridgehead atoms. The number of nitrogens with one attached hydrogen (secondary N) is 1. The van der Waals surface area contributed by atoms with Gasteiger partial charge in [-0.15, -0.1) is 13.2 Å². The summed E-state index contributed by atoms with van der Waals surface area (Å²) in [6, 6.07) is 28.6. The molecule has 5 rings (SSSR count). The number of anilines is 1. The van der Waals surface area contributed by atoms with E-state index in [0.29, 0.717) is 28.1 Å². The molecular formula is C33H31F3N2O3. The van der Waals surface area contributed by atoms with E-state index in [1.165, 1.54) is 29.8 Å². The number of hydrogen-bond acceptors (Lipinski definition) is 4. The Morgan fingerprint density at radius 1 is 0.878 bits per heavy atom. The fraction of sp³-hybridized carbons (Fsp3) is 0.242. The summed E-state index contributed by atoms with van der Waals surface area (Å²) in [6.07, 6.45) is -2.83. The number of aryl methyl sites for hydroxylation is 1.